The summed E-state index contributed by atoms with van der Waals surface area (Å²) >= 11 is 0. The molecule has 21 heteroatoms. The number of fused-ring (bicyclic) bond motifs is 4. The second kappa shape index (κ2) is 14.3. The maximum Gasteiger partial charge on any atom is 0.221 e. The van der Waals surface area contributed by atoms with Gasteiger partial charge in [-0.15, -0.1) is 10.6 Å². The molecule has 9 aromatic rings. The van der Waals surface area contributed by atoms with Crippen molar-refractivity contribution in [3.05, 3.63) is 115 Å². The largest absolute Gasteiger partial charge is 0.322 e. The zero-order valence-corrected chi connectivity index (χ0v) is 34.0. The molecule has 0 saturated carbocycles. The molecule has 0 fully saturated rings. The third-order valence-corrected chi connectivity index (χ3v) is 12.6. The van der Waals surface area contributed by atoms with Crippen molar-refractivity contribution in [3.63, 3.8) is 0 Å². The van der Waals surface area contributed by atoms with Crippen molar-refractivity contribution in [2.45, 2.75) is 31.8 Å². The van der Waals surface area contributed by atoms with Gasteiger partial charge < -0.3 is 13.5 Å². The number of nitrogens with zero attached hydrogens (tertiary/aromatic N) is 15. The molecule has 1 unspecified atom stereocenters. The molecule has 10 rings (SSSR count). The number of hydrogen-bond acceptors (Lipinski definition) is 15. The minimum atomic E-state index is -2.76. The van der Waals surface area contributed by atoms with Crippen LogP contribution in [0.5, 0.6) is 0 Å². The summed E-state index contributed by atoms with van der Waals surface area (Å²) in [6.45, 7) is 6.23. The van der Waals surface area contributed by atoms with Crippen molar-refractivity contribution in [2.24, 2.45) is 0 Å². The molecule has 0 bridgehead atoms. The second-order valence-electron chi connectivity index (χ2n) is 15.3. The summed E-state index contributed by atoms with van der Waals surface area (Å²) in [5.41, 5.74) is 14.5. The zero-order valence-electron chi connectivity index (χ0n) is 32.2. The van der Waals surface area contributed by atoms with Crippen LogP contribution in [0.25, 0.3) is 50.4 Å². The van der Waals surface area contributed by atoms with Crippen molar-refractivity contribution in [3.8, 4) is 22.5 Å². The van der Waals surface area contributed by atoms with Gasteiger partial charge in [0.05, 0.1) is 67.4 Å². The van der Waals surface area contributed by atoms with Gasteiger partial charge in [-0.05, 0) is 55.4 Å². The fourth-order valence-corrected chi connectivity index (χ4v) is 9.68. The third-order valence-electron chi connectivity index (χ3n) is 9.76. The Kier molecular flexibility index (Phi) is 8.88. The van der Waals surface area contributed by atoms with Gasteiger partial charge in [0, 0.05) is 59.4 Å². The molecule has 59 heavy (non-hydrogen) atoms. The molecule has 0 spiro atoms. The highest BCUT2D eigenvalue weighted by molar-refractivity contribution is 7.61. The second-order valence-corrected chi connectivity index (χ2v) is 21.9. The van der Waals surface area contributed by atoms with Gasteiger partial charge in [0.25, 0.3) is 0 Å². The smallest absolute Gasteiger partial charge is 0.221 e. The molecule has 19 nitrogen and oxygen atoms in total. The Morgan fingerprint density at radius 3 is 2.36 bits per heavy atom. The van der Waals surface area contributed by atoms with Crippen LogP contribution in [-0.2, 0) is 41.0 Å². The van der Waals surface area contributed by atoms with Crippen molar-refractivity contribution in [1.82, 2.24) is 74.4 Å². The number of aromatic nitrogens is 14. The van der Waals surface area contributed by atoms with Gasteiger partial charge in [-0.3, -0.25) is 24.8 Å². The van der Waals surface area contributed by atoms with Gasteiger partial charge in [0.1, 0.15) is 19.9 Å². The summed E-state index contributed by atoms with van der Waals surface area (Å²) in [5, 5.41) is 20.2. The maximum atomic E-state index is 14.0. The molecule has 0 amide bonds. The van der Waals surface area contributed by atoms with E-state index in [1.165, 1.54) is 0 Å². The molecule has 1 aliphatic rings. The molecule has 1 aromatic carbocycles. The van der Waals surface area contributed by atoms with E-state index in [0.717, 1.165) is 44.5 Å². The van der Waals surface area contributed by atoms with E-state index in [-0.39, 0.29) is 6.29 Å². The molecule has 9 heterocycles. The summed E-state index contributed by atoms with van der Waals surface area (Å²) in [5.74, 6) is 1.26. The highest BCUT2D eigenvalue weighted by Gasteiger charge is 2.24. The van der Waals surface area contributed by atoms with Crippen LogP contribution in [0.3, 0.4) is 0 Å². The molecular formula is C38H37N17O2P2. The molecule has 8 aromatic heterocycles. The lowest BCUT2D eigenvalue weighted by atomic mass is 10.1. The Morgan fingerprint density at radius 1 is 0.746 bits per heavy atom. The van der Waals surface area contributed by atoms with Gasteiger partial charge >= 0.3 is 0 Å². The topological polar surface area (TPSA) is 210 Å². The van der Waals surface area contributed by atoms with E-state index in [1.807, 2.05) is 70.6 Å². The van der Waals surface area contributed by atoms with Crippen LogP contribution in [-0.4, -0.2) is 88.9 Å². The lowest BCUT2D eigenvalue weighted by molar-refractivity contribution is 0.563. The molecule has 0 saturated heterocycles. The molecular weight excluding hydrogens is 788 g/mol. The van der Waals surface area contributed by atoms with E-state index < -0.39 is 14.3 Å². The number of benzene rings is 1. The Balaban J connectivity index is 0.797. The summed E-state index contributed by atoms with van der Waals surface area (Å²) in [4.78, 5) is 27.9. The molecule has 0 aliphatic carbocycles. The Labute approximate surface area is 336 Å². The van der Waals surface area contributed by atoms with E-state index in [0.29, 0.717) is 59.9 Å². The number of pyridine rings is 2. The highest BCUT2D eigenvalue weighted by atomic mass is 31.2. The van der Waals surface area contributed by atoms with E-state index >= 15 is 0 Å². The lowest BCUT2D eigenvalue weighted by Crippen LogP contribution is -2.35. The molecule has 1 atom stereocenters. The molecule has 1 aliphatic heterocycles. The molecule has 0 radical (unpaired) electrons. The highest BCUT2D eigenvalue weighted by Crippen LogP contribution is 2.46. The number of rotatable bonds is 12. The Morgan fingerprint density at radius 2 is 1.53 bits per heavy atom. The van der Waals surface area contributed by atoms with Crippen LogP contribution in [0.15, 0.2) is 98.2 Å². The minimum Gasteiger partial charge on any atom is -0.322 e. The van der Waals surface area contributed by atoms with Crippen molar-refractivity contribution >= 4 is 53.8 Å². The first kappa shape index (κ1) is 36.6. The van der Waals surface area contributed by atoms with Crippen molar-refractivity contribution < 1.29 is 9.13 Å². The first-order valence-corrected chi connectivity index (χ1v) is 24.0. The van der Waals surface area contributed by atoms with E-state index in [1.54, 1.807) is 65.0 Å². The fourth-order valence-electron chi connectivity index (χ4n) is 7.10. The average Bonchev–Trinajstić information content (AvgIpc) is 4.06. The van der Waals surface area contributed by atoms with Gasteiger partial charge in [-0.1, -0.05) is 23.4 Å². The van der Waals surface area contributed by atoms with E-state index in [4.69, 9.17) is 15.0 Å². The summed E-state index contributed by atoms with van der Waals surface area (Å²) in [6.07, 6.45) is 17.0. The van der Waals surface area contributed by atoms with Gasteiger partial charge in [-0.2, -0.15) is 10.2 Å². The standard InChI is InChI=1S/C38H37N17O2P2/c1-58(2,56)23-52-20-28(13-42-52)32-15-40-35-37(45-32)54(49-47-35)18-25-4-8-31-27(12-25)6-7-30(44-31)22-59(3,57)24-53-21-29(14-43-53)33-16-41-36-38(46-33)55(50-48-36)19-26-5-9-34-39-10-11-51(34)17-26/h4-17,20-21,49H,18-19,22-24H2,1-3H3,(H,40,47). The first-order chi connectivity index (χ1) is 28.5. The van der Waals surface area contributed by atoms with Gasteiger partial charge in [0.2, 0.25) is 5.65 Å². The number of imidazole rings is 1. The molecule has 296 valence electrons. The predicted molar refractivity (Wildman–Crippen MR) is 223 cm³/mol. The quantitative estimate of drug-likeness (QED) is 0.144. The third kappa shape index (κ3) is 7.70. The first-order valence-electron chi connectivity index (χ1n) is 18.6. The van der Waals surface area contributed by atoms with Crippen LogP contribution < -0.4 is 16.0 Å². The summed E-state index contributed by atoms with van der Waals surface area (Å²) < 4.78 is 33.3. The fraction of sp³-hybridized carbons (Fsp3) is 0.211. The zero-order chi connectivity index (χ0) is 40.3. The normalized spacial score (nSPS) is 14.0. The SMILES string of the molecule is CP(C)(=O)Cn1cc(-c2cnc3c(n2)N(Cc2ccc4nc(CP(C)(=O)Cn5cc(-c6cnc7nnn(Cc8ccc9nccn9c8)c7n6)cn5)ccc4c2)NN3)cn1. The van der Waals surface area contributed by atoms with Gasteiger partial charge in [0.15, 0.2) is 17.3 Å². The van der Waals surface area contributed by atoms with Crippen LogP contribution >= 0.6 is 14.3 Å². The van der Waals surface area contributed by atoms with Crippen molar-refractivity contribution in [1.29, 1.82) is 0 Å². The van der Waals surface area contributed by atoms with Crippen LogP contribution in [0, 0.1) is 0 Å². The number of hydrogen-bond donors (Lipinski definition) is 2. The summed E-state index contributed by atoms with van der Waals surface area (Å²) in [6, 6.07) is 14.0. The minimum absolute atomic E-state index is 0.238. The lowest BCUT2D eigenvalue weighted by Gasteiger charge is -2.17. The summed E-state index contributed by atoms with van der Waals surface area (Å²) in [7, 11) is -5.04. The van der Waals surface area contributed by atoms with Crippen molar-refractivity contribution in [2.75, 3.05) is 30.4 Å². The van der Waals surface area contributed by atoms with Crippen LogP contribution in [0.1, 0.15) is 16.8 Å². The maximum absolute atomic E-state index is 14.0. The van der Waals surface area contributed by atoms with E-state index in [9.17, 15) is 9.13 Å². The Bertz CT molecular complexity index is 3150. The van der Waals surface area contributed by atoms with Crippen LogP contribution in [0.2, 0.25) is 0 Å². The van der Waals surface area contributed by atoms with Crippen LogP contribution in [0.4, 0.5) is 11.6 Å². The Hall–Kier alpha value is -6.68. The predicted octanol–water partition coefficient (Wildman–Crippen LogP) is 5.57. The monoisotopic (exact) mass is 825 g/mol. The molecule has 2 N–H and O–H groups in total. The number of hydrazine groups is 2. The number of nitrogens with one attached hydrogen (secondary N) is 2. The number of anilines is 2. The van der Waals surface area contributed by atoms with E-state index in [2.05, 4.69) is 52.5 Å². The van der Waals surface area contributed by atoms with Gasteiger partial charge in [-0.25, -0.2) is 29.6 Å². The average molecular weight is 826 g/mol.